The molecule has 0 fully saturated rings. The van der Waals surface area contributed by atoms with E-state index in [0.717, 1.165) is 16.1 Å². The van der Waals surface area contributed by atoms with E-state index in [-0.39, 0.29) is 34.6 Å². The van der Waals surface area contributed by atoms with Crippen LogP contribution in [0.4, 0.5) is 5.69 Å². The normalized spacial score (nSPS) is 12.4. The summed E-state index contributed by atoms with van der Waals surface area (Å²) in [5, 5.41) is 3.38. The van der Waals surface area contributed by atoms with Crippen molar-refractivity contribution >= 4 is 50.7 Å². The van der Waals surface area contributed by atoms with Gasteiger partial charge in [-0.05, 0) is 62.2 Å². The highest BCUT2D eigenvalue weighted by Crippen LogP contribution is 2.29. The van der Waals surface area contributed by atoms with E-state index >= 15 is 0 Å². The van der Waals surface area contributed by atoms with Crippen molar-refractivity contribution in [2.45, 2.75) is 45.3 Å². The van der Waals surface area contributed by atoms with Crippen molar-refractivity contribution in [3.05, 3.63) is 94.0 Å². The predicted molar refractivity (Wildman–Crippen MR) is 164 cm³/mol. The lowest BCUT2D eigenvalue weighted by Crippen LogP contribution is -2.56. The molecule has 41 heavy (non-hydrogen) atoms. The van der Waals surface area contributed by atoms with Gasteiger partial charge in [-0.2, -0.15) is 0 Å². The fraction of sp³-hybridized carbons (Fsp3) is 0.333. The second-order valence-electron chi connectivity index (χ2n) is 10.7. The summed E-state index contributed by atoms with van der Waals surface area (Å²) in [7, 11) is -2.39. The third kappa shape index (κ3) is 9.38. The second kappa shape index (κ2) is 13.6. The van der Waals surface area contributed by atoms with Crippen LogP contribution in [0.1, 0.15) is 31.9 Å². The molecule has 3 rings (SSSR count). The van der Waals surface area contributed by atoms with E-state index < -0.39 is 34.1 Å². The van der Waals surface area contributed by atoms with Crippen molar-refractivity contribution in [2.24, 2.45) is 0 Å². The van der Waals surface area contributed by atoms with Crippen molar-refractivity contribution < 1.29 is 22.7 Å². The van der Waals surface area contributed by atoms with Crippen LogP contribution >= 0.6 is 23.2 Å². The smallest absolute Gasteiger partial charge is 0.244 e. The Bertz CT molecular complexity index is 1480. The van der Waals surface area contributed by atoms with Crippen LogP contribution in [0.15, 0.2) is 72.8 Å². The Balaban J connectivity index is 2.10. The van der Waals surface area contributed by atoms with Gasteiger partial charge >= 0.3 is 0 Å². The third-order valence-corrected chi connectivity index (χ3v) is 8.01. The Hall–Kier alpha value is -3.27. The molecule has 0 aliphatic carbocycles. The number of ether oxygens (including phenoxy) is 1. The average molecular weight is 621 g/mol. The number of hydrogen-bond donors (Lipinski definition) is 1. The van der Waals surface area contributed by atoms with Gasteiger partial charge < -0.3 is 15.0 Å². The van der Waals surface area contributed by atoms with E-state index in [1.54, 1.807) is 18.2 Å². The molecule has 1 unspecified atom stereocenters. The molecular weight excluding hydrogens is 585 g/mol. The summed E-state index contributed by atoms with van der Waals surface area (Å²) < 4.78 is 32.1. The Morgan fingerprint density at radius 3 is 2.17 bits per heavy atom. The summed E-state index contributed by atoms with van der Waals surface area (Å²) in [5.41, 5.74) is 1.15. The first kappa shape index (κ1) is 32.2. The minimum Gasteiger partial charge on any atom is -0.497 e. The Kier molecular flexibility index (Phi) is 10.7. The van der Waals surface area contributed by atoms with Crippen LogP contribution in [0.5, 0.6) is 5.75 Å². The number of nitrogens with one attached hydrogen (secondary N) is 1. The molecule has 220 valence electrons. The topological polar surface area (TPSA) is 96.0 Å². The van der Waals surface area contributed by atoms with Gasteiger partial charge in [0.25, 0.3) is 0 Å². The molecule has 11 heteroatoms. The number of sulfonamides is 1. The molecule has 2 amide bonds. The molecule has 3 aromatic rings. The van der Waals surface area contributed by atoms with Crippen LogP contribution in [-0.2, 0) is 32.6 Å². The fourth-order valence-electron chi connectivity index (χ4n) is 4.23. The molecule has 0 aromatic heterocycles. The van der Waals surface area contributed by atoms with Gasteiger partial charge in [0.2, 0.25) is 21.8 Å². The van der Waals surface area contributed by atoms with Gasteiger partial charge in [-0.25, -0.2) is 8.42 Å². The standard InChI is InChI=1S/C30H35Cl2N3O5S/c1-30(2,3)33-29(37)27(17-21-10-7-6-8-11-21)34(19-22-12-9-13-24(16-22)40-4)28(36)20-35(41(5,38)39)23-14-15-25(31)26(32)18-23/h6-16,18,27H,17,19-20H2,1-5H3,(H,33,37). The third-order valence-electron chi connectivity index (χ3n) is 6.13. The number of carbonyl (C=O) groups excluding carboxylic acids is 2. The fourth-order valence-corrected chi connectivity index (χ4v) is 5.36. The van der Waals surface area contributed by atoms with E-state index in [9.17, 15) is 18.0 Å². The minimum atomic E-state index is -3.93. The molecular formula is C30H35Cl2N3O5S. The molecule has 0 saturated heterocycles. The lowest BCUT2D eigenvalue weighted by molar-refractivity contribution is -0.140. The van der Waals surface area contributed by atoms with E-state index in [2.05, 4.69) is 5.32 Å². The van der Waals surface area contributed by atoms with Crippen LogP contribution in [0.25, 0.3) is 0 Å². The second-order valence-corrected chi connectivity index (χ2v) is 13.4. The number of hydrogen-bond acceptors (Lipinski definition) is 5. The molecule has 3 aromatic carbocycles. The monoisotopic (exact) mass is 619 g/mol. The first-order valence-electron chi connectivity index (χ1n) is 12.9. The van der Waals surface area contributed by atoms with Gasteiger partial charge in [-0.1, -0.05) is 65.7 Å². The summed E-state index contributed by atoms with van der Waals surface area (Å²) in [6.07, 6.45) is 1.22. The van der Waals surface area contributed by atoms with Crippen molar-refractivity contribution in [1.82, 2.24) is 10.2 Å². The molecule has 8 nitrogen and oxygen atoms in total. The molecule has 0 heterocycles. The number of carbonyl (C=O) groups is 2. The zero-order valence-corrected chi connectivity index (χ0v) is 26.1. The van der Waals surface area contributed by atoms with E-state index in [0.29, 0.717) is 11.3 Å². The number of rotatable bonds is 11. The predicted octanol–water partition coefficient (Wildman–Crippen LogP) is 5.32. The summed E-state index contributed by atoms with van der Waals surface area (Å²) in [6.45, 7) is 5.04. The van der Waals surface area contributed by atoms with E-state index in [4.69, 9.17) is 27.9 Å². The minimum absolute atomic E-state index is 0.0318. The zero-order chi connectivity index (χ0) is 30.4. The van der Waals surface area contributed by atoms with Crippen molar-refractivity contribution in [1.29, 1.82) is 0 Å². The quantitative estimate of drug-likeness (QED) is 0.313. The van der Waals surface area contributed by atoms with Gasteiger partial charge in [-0.15, -0.1) is 0 Å². The first-order chi connectivity index (χ1) is 19.2. The number of benzene rings is 3. The number of methoxy groups -OCH3 is 1. The average Bonchev–Trinajstić information content (AvgIpc) is 2.90. The Morgan fingerprint density at radius 2 is 1.59 bits per heavy atom. The number of amides is 2. The molecule has 0 radical (unpaired) electrons. The summed E-state index contributed by atoms with van der Waals surface area (Å²) >= 11 is 12.2. The van der Waals surface area contributed by atoms with Crippen LogP contribution < -0.4 is 14.4 Å². The summed E-state index contributed by atoms with van der Waals surface area (Å²) in [5.74, 6) is -0.352. The molecule has 0 bridgehead atoms. The summed E-state index contributed by atoms with van der Waals surface area (Å²) in [4.78, 5) is 29.3. The van der Waals surface area contributed by atoms with Crippen LogP contribution in [0.3, 0.4) is 0 Å². The van der Waals surface area contributed by atoms with Crippen molar-refractivity contribution in [2.75, 3.05) is 24.2 Å². The van der Waals surface area contributed by atoms with Crippen LogP contribution in [-0.4, -0.2) is 56.6 Å². The molecule has 0 aliphatic heterocycles. The van der Waals surface area contributed by atoms with Gasteiger partial charge in [0.05, 0.1) is 29.1 Å². The van der Waals surface area contributed by atoms with Crippen molar-refractivity contribution in [3.63, 3.8) is 0 Å². The molecule has 0 spiro atoms. The Morgan fingerprint density at radius 1 is 0.927 bits per heavy atom. The maximum atomic E-state index is 14.1. The zero-order valence-electron chi connectivity index (χ0n) is 23.7. The number of halogens is 2. The maximum absolute atomic E-state index is 14.1. The van der Waals surface area contributed by atoms with Gasteiger partial charge in [-0.3, -0.25) is 13.9 Å². The van der Waals surface area contributed by atoms with E-state index in [1.807, 2.05) is 57.2 Å². The highest BCUT2D eigenvalue weighted by atomic mass is 35.5. The maximum Gasteiger partial charge on any atom is 0.244 e. The molecule has 0 saturated carbocycles. The molecule has 1 N–H and O–H groups in total. The van der Waals surface area contributed by atoms with Crippen LogP contribution in [0, 0.1) is 0 Å². The largest absolute Gasteiger partial charge is 0.497 e. The van der Waals surface area contributed by atoms with Gasteiger partial charge in [0, 0.05) is 18.5 Å². The number of nitrogens with zero attached hydrogens (tertiary/aromatic N) is 2. The number of anilines is 1. The Labute approximate surface area is 252 Å². The van der Waals surface area contributed by atoms with Gasteiger partial charge in [0.1, 0.15) is 18.3 Å². The summed E-state index contributed by atoms with van der Waals surface area (Å²) in [6, 6.07) is 19.9. The molecule has 0 aliphatic rings. The molecule has 1 atom stereocenters. The lowest BCUT2D eigenvalue weighted by Gasteiger charge is -2.35. The van der Waals surface area contributed by atoms with E-state index in [1.165, 1.54) is 30.2 Å². The highest BCUT2D eigenvalue weighted by molar-refractivity contribution is 7.92. The van der Waals surface area contributed by atoms with Crippen LogP contribution in [0.2, 0.25) is 10.0 Å². The highest BCUT2D eigenvalue weighted by Gasteiger charge is 2.34. The SMILES string of the molecule is COc1cccc(CN(C(=O)CN(c2ccc(Cl)c(Cl)c2)S(C)(=O)=O)C(Cc2ccccc2)C(=O)NC(C)(C)C)c1. The van der Waals surface area contributed by atoms with Gasteiger partial charge in [0.15, 0.2) is 0 Å². The first-order valence-corrected chi connectivity index (χ1v) is 15.5. The van der Waals surface area contributed by atoms with Crippen molar-refractivity contribution in [3.8, 4) is 5.75 Å². The lowest BCUT2D eigenvalue weighted by atomic mass is 10.0.